The second kappa shape index (κ2) is 5.44. The highest BCUT2D eigenvalue weighted by Crippen LogP contribution is 2.04. The third kappa shape index (κ3) is 4.23. The Labute approximate surface area is 99.0 Å². The van der Waals surface area contributed by atoms with Crippen LogP contribution >= 0.6 is 0 Å². The van der Waals surface area contributed by atoms with E-state index in [1.165, 1.54) is 7.11 Å². The zero-order chi connectivity index (χ0) is 12.9. The molecule has 1 rings (SSSR count). The highest BCUT2D eigenvalue weighted by atomic mass is 32.2. The first-order valence-corrected chi connectivity index (χ1v) is 6.36. The summed E-state index contributed by atoms with van der Waals surface area (Å²) in [7, 11) is -2.60. The molecule has 0 spiro atoms. The summed E-state index contributed by atoms with van der Waals surface area (Å²) in [5.41, 5.74) is 0.196. The fraction of sp³-hybridized carbons (Fsp3) is 0.200. The lowest BCUT2D eigenvalue weighted by atomic mass is 10.1. The van der Waals surface area contributed by atoms with Crippen LogP contribution in [-0.2, 0) is 23.9 Å². The SMILES string of the molecule is COC(=O)/C(=N\OS(C)(=O)=O)c1ccccc1. The van der Waals surface area contributed by atoms with Crippen molar-refractivity contribution in [1.82, 2.24) is 0 Å². The molecule has 6 nitrogen and oxygen atoms in total. The van der Waals surface area contributed by atoms with Gasteiger partial charge in [0.2, 0.25) is 0 Å². The van der Waals surface area contributed by atoms with Crippen molar-refractivity contribution < 1.29 is 22.2 Å². The van der Waals surface area contributed by atoms with Crippen LogP contribution in [0.25, 0.3) is 0 Å². The maximum Gasteiger partial charge on any atom is 0.360 e. The minimum absolute atomic E-state index is 0.210. The topological polar surface area (TPSA) is 82.0 Å². The molecule has 1 aromatic rings. The summed E-state index contributed by atoms with van der Waals surface area (Å²) in [6.45, 7) is 0. The van der Waals surface area contributed by atoms with Crippen molar-refractivity contribution in [3.8, 4) is 0 Å². The quantitative estimate of drug-likeness (QED) is 0.446. The first-order chi connectivity index (χ1) is 7.94. The minimum Gasteiger partial charge on any atom is -0.464 e. The Kier molecular flexibility index (Phi) is 4.22. The Bertz CT molecular complexity index is 521. The number of esters is 1. The van der Waals surface area contributed by atoms with Gasteiger partial charge in [-0.25, -0.2) is 4.79 Å². The van der Waals surface area contributed by atoms with Crippen molar-refractivity contribution in [2.45, 2.75) is 0 Å². The zero-order valence-electron chi connectivity index (χ0n) is 9.28. The van der Waals surface area contributed by atoms with Gasteiger partial charge in [-0.05, 0) is 0 Å². The molecule has 0 aliphatic rings. The monoisotopic (exact) mass is 257 g/mol. The number of rotatable bonds is 4. The fourth-order valence-electron chi connectivity index (χ4n) is 1.01. The van der Waals surface area contributed by atoms with Gasteiger partial charge in [0.1, 0.15) is 0 Å². The first kappa shape index (κ1) is 13.2. The Morgan fingerprint density at radius 3 is 2.29 bits per heavy atom. The van der Waals surface area contributed by atoms with Crippen LogP contribution in [0.3, 0.4) is 0 Å². The number of benzene rings is 1. The van der Waals surface area contributed by atoms with Crippen LogP contribution in [0.4, 0.5) is 0 Å². The summed E-state index contributed by atoms with van der Waals surface area (Å²) in [5.74, 6) is -0.778. The molecule has 0 aliphatic carbocycles. The lowest BCUT2D eigenvalue weighted by molar-refractivity contribution is -0.132. The van der Waals surface area contributed by atoms with Crippen molar-refractivity contribution in [3.63, 3.8) is 0 Å². The number of carbonyl (C=O) groups is 1. The molecule has 1 aromatic carbocycles. The number of carbonyl (C=O) groups excluding carboxylic acids is 1. The number of methoxy groups -OCH3 is 1. The molecule has 0 radical (unpaired) electrons. The normalized spacial score (nSPS) is 12.0. The summed E-state index contributed by atoms with van der Waals surface area (Å²) in [6, 6.07) is 8.26. The smallest absolute Gasteiger partial charge is 0.360 e. The van der Waals surface area contributed by atoms with Crippen LogP contribution in [0.1, 0.15) is 5.56 Å². The van der Waals surface area contributed by atoms with Gasteiger partial charge in [-0.2, -0.15) is 8.42 Å². The number of hydrogen-bond donors (Lipinski definition) is 0. The number of hydrogen-bond acceptors (Lipinski definition) is 6. The Hall–Kier alpha value is -1.89. The van der Waals surface area contributed by atoms with Crippen molar-refractivity contribution in [2.75, 3.05) is 13.4 Å². The molecule has 0 saturated heterocycles. The van der Waals surface area contributed by atoms with Gasteiger partial charge in [0.15, 0.2) is 5.71 Å². The summed E-state index contributed by atoms with van der Waals surface area (Å²) in [4.78, 5) is 11.4. The standard InChI is InChI=1S/C10H11NO5S/c1-15-10(12)9(11-16-17(2,13)14)8-6-4-3-5-7-8/h3-7H,1-2H3/b11-9-. The number of nitrogens with zero attached hydrogens (tertiary/aromatic N) is 1. The fourth-order valence-corrected chi connectivity index (χ4v) is 1.22. The van der Waals surface area contributed by atoms with Gasteiger partial charge >= 0.3 is 16.1 Å². The number of ether oxygens (including phenoxy) is 1. The van der Waals surface area contributed by atoms with E-state index in [9.17, 15) is 13.2 Å². The van der Waals surface area contributed by atoms with Gasteiger partial charge in [0.25, 0.3) is 0 Å². The minimum atomic E-state index is -3.76. The van der Waals surface area contributed by atoms with Crippen LogP contribution in [0.15, 0.2) is 35.5 Å². The van der Waals surface area contributed by atoms with Crippen molar-refractivity contribution >= 4 is 21.8 Å². The van der Waals surface area contributed by atoms with Gasteiger partial charge in [-0.1, -0.05) is 35.5 Å². The predicted octanol–water partition coefficient (Wildman–Crippen LogP) is 0.540. The Morgan fingerprint density at radius 2 is 1.82 bits per heavy atom. The molecule has 17 heavy (non-hydrogen) atoms. The van der Waals surface area contributed by atoms with E-state index in [0.717, 1.165) is 6.26 Å². The lowest BCUT2D eigenvalue weighted by Gasteiger charge is -2.03. The van der Waals surface area contributed by atoms with E-state index in [0.29, 0.717) is 5.56 Å². The van der Waals surface area contributed by atoms with Crippen LogP contribution in [0.2, 0.25) is 0 Å². The van der Waals surface area contributed by atoms with E-state index in [1.807, 2.05) is 0 Å². The van der Waals surface area contributed by atoms with E-state index in [2.05, 4.69) is 14.2 Å². The summed E-state index contributed by atoms with van der Waals surface area (Å²) in [6.07, 6.45) is 0.830. The van der Waals surface area contributed by atoms with Gasteiger partial charge in [-0.3, -0.25) is 4.28 Å². The molecule has 0 amide bonds. The maximum atomic E-state index is 11.4. The van der Waals surface area contributed by atoms with E-state index in [1.54, 1.807) is 30.3 Å². The molecule has 0 saturated carbocycles. The average molecular weight is 257 g/mol. The molecule has 0 bridgehead atoms. The van der Waals surface area contributed by atoms with E-state index in [-0.39, 0.29) is 5.71 Å². The predicted molar refractivity (Wildman–Crippen MR) is 60.9 cm³/mol. The van der Waals surface area contributed by atoms with Gasteiger partial charge in [-0.15, -0.1) is 0 Å². The summed E-state index contributed by atoms with van der Waals surface area (Å²) >= 11 is 0. The molecule has 0 heterocycles. The van der Waals surface area contributed by atoms with Crippen molar-refractivity contribution in [1.29, 1.82) is 0 Å². The van der Waals surface area contributed by atoms with E-state index < -0.39 is 16.1 Å². The molecule has 0 fully saturated rings. The van der Waals surface area contributed by atoms with Crippen molar-refractivity contribution in [3.05, 3.63) is 35.9 Å². The third-order valence-electron chi connectivity index (χ3n) is 1.69. The average Bonchev–Trinajstić information content (AvgIpc) is 2.29. The molecule has 0 aromatic heterocycles. The van der Waals surface area contributed by atoms with Crippen LogP contribution in [0.5, 0.6) is 0 Å². The van der Waals surface area contributed by atoms with E-state index >= 15 is 0 Å². The second-order valence-corrected chi connectivity index (χ2v) is 4.63. The molecule has 0 aliphatic heterocycles. The first-order valence-electron chi connectivity index (χ1n) is 4.54. The van der Waals surface area contributed by atoms with Crippen LogP contribution < -0.4 is 0 Å². The molecule has 92 valence electrons. The molecule has 0 unspecified atom stereocenters. The third-order valence-corrected chi connectivity index (χ3v) is 2.04. The van der Waals surface area contributed by atoms with E-state index in [4.69, 9.17) is 0 Å². The molecular formula is C10H11NO5S. The second-order valence-electron chi connectivity index (χ2n) is 3.08. The summed E-state index contributed by atoms with van der Waals surface area (Å²) in [5, 5.41) is 3.29. The molecule has 0 atom stereocenters. The molecule has 0 N–H and O–H groups in total. The lowest BCUT2D eigenvalue weighted by Crippen LogP contribution is -2.18. The van der Waals surface area contributed by atoms with Gasteiger partial charge in [0.05, 0.1) is 13.4 Å². The van der Waals surface area contributed by atoms with Gasteiger partial charge < -0.3 is 4.74 Å². The zero-order valence-corrected chi connectivity index (χ0v) is 10.1. The maximum absolute atomic E-state index is 11.4. The van der Waals surface area contributed by atoms with Gasteiger partial charge in [0, 0.05) is 5.56 Å². The Morgan fingerprint density at radius 1 is 1.24 bits per heavy atom. The highest BCUT2D eigenvalue weighted by molar-refractivity contribution is 7.85. The van der Waals surface area contributed by atoms with Crippen molar-refractivity contribution in [2.24, 2.45) is 5.16 Å². The summed E-state index contributed by atoms with van der Waals surface area (Å²) < 4.78 is 30.3. The molecule has 7 heteroatoms. The van der Waals surface area contributed by atoms with Crippen LogP contribution in [0, 0.1) is 0 Å². The number of oxime groups is 1. The highest BCUT2D eigenvalue weighted by Gasteiger charge is 2.16. The molecular weight excluding hydrogens is 246 g/mol. The Balaban J connectivity index is 3.10. The van der Waals surface area contributed by atoms with Crippen LogP contribution in [-0.4, -0.2) is 33.5 Å². The largest absolute Gasteiger partial charge is 0.464 e.